The first kappa shape index (κ1) is 13.4. The van der Waals surface area contributed by atoms with Crippen molar-refractivity contribution in [3.8, 4) is 0 Å². The predicted octanol–water partition coefficient (Wildman–Crippen LogP) is 1.56. The summed E-state index contributed by atoms with van der Waals surface area (Å²) in [5, 5.41) is 12.7. The van der Waals surface area contributed by atoms with Gasteiger partial charge in [0.1, 0.15) is 0 Å². The summed E-state index contributed by atoms with van der Waals surface area (Å²) in [6, 6.07) is 0.512. The molecule has 0 bridgehead atoms. The molecule has 4 nitrogen and oxygen atoms in total. The molecule has 108 valence electrons. The number of piperidine rings is 1. The van der Waals surface area contributed by atoms with Crippen molar-refractivity contribution < 1.29 is 9.90 Å². The van der Waals surface area contributed by atoms with E-state index in [2.05, 4.69) is 10.2 Å². The number of hydrogen-bond donors (Lipinski definition) is 2. The summed E-state index contributed by atoms with van der Waals surface area (Å²) in [5.41, 5.74) is 0. The first-order valence-electron chi connectivity index (χ1n) is 7.86. The van der Waals surface area contributed by atoms with E-state index in [0.29, 0.717) is 18.4 Å². The molecule has 0 radical (unpaired) electrons. The van der Waals surface area contributed by atoms with Gasteiger partial charge in [-0.1, -0.05) is 0 Å². The van der Waals surface area contributed by atoms with Gasteiger partial charge in [0.15, 0.2) is 0 Å². The highest BCUT2D eigenvalue weighted by atomic mass is 16.4. The zero-order chi connectivity index (χ0) is 13.2. The van der Waals surface area contributed by atoms with Crippen molar-refractivity contribution in [2.24, 2.45) is 17.8 Å². The van der Waals surface area contributed by atoms with Crippen molar-refractivity contribution in [3.05, 3.63) is 0 Å². The van der Waals surface area contributed by atoms with Gasteiger partial charge in [-0.3, -0.25) is 4.79 Å². The third-order valence-electron chi connectivity index (χ3n) is 4.68. The SMILES string of the molecule is O=C(O)CC1CC(NCC2CC2)CN(CC2CC2)C1. The van der Waals surface area contributed by atoms with Crippen molar-refractivity contribution in [2.45, 2.75) is 44.6 Å². The van der Waals surface area contributed by atoms with E-state index in [1.54, 1.807) is 0 Å². The number of carboxylic acids is 1. The van der Waals surface area contributed by atoms with Crippen molar-refractivity contribution in [2.75, 3.05) is 26.2 Å². The van der Waals surface area contributed by atoms with Crippen molar-refractivity contribution in [3.63, 3.8) is 0 Å². The Morgan fingerprint density at radius 2 is 1.84 bits per heavy atom. The maximum atomic E-state index is 11.0. The molecule has 0 amide bonds. The van der Waals surface area contributed by atoms with Crippen LogP contribution in [-0.4, -0.2) is 48.2 Å². The van der Waals surface area contributed by atoms with Crippen LogP contribution in [0.15, 0.2) is 0 Å². The zero-order valence-electron chi connectivity index (χ0n) is 11.7. The van der Waals surface area contributed by atoms with E-state index in [0.717, 1.165) is 37.9 Å². The molecule has 0 aromatic rings. The Morgan fingerprint density at radius 1 is 1.11 bits per heavy atom. The molecule has 3 rings (SSSR count). The smallest absolute Gasteiger partial charge is 0.303 e. The van der Waals surface area contributed by atoms with Gasteiger partial charge < -0.3 is 15.3 Å². The van der Waals surface area contributed by atoms with Crippen LogP contribution in [0.5, 0.6) is 0 Å². The highest BCUT2D eigenvalue weighted by molar-refractivity contribution is 5.67. The van der Waals surface area contributed by atoms with Crippen LogP contribution in [0, 0.1) is 17.8 Å². The molecule has 0 spiro atoms. The van der Waals surface area contributed by atoms with E-state index in [1.807, 2.05) is 0 Å². The second kappa shape index (κ2) is 5.80. The predicted molar refractivity (Wildman–Crippen MR) is 74.0 cm³/mol. The van der Waals surface area contributed by atoms with Crippen LogP contribution in [-0.2, 0) is 4.79 Å². The van der Waals surface area contributed by atoms with E-state index in [1.165, 1.54) is 32.2 Å². The maximum Gasteiger partial charge on any atom is 0.303 e. The number of hydrogen-bond acceptors (Lipinski definition) is 3. The molecule has 0 aromatic carbocycles. The quantitative estimate of drug-likeness (QED) is 0.734. The van der Waals surface area contributed by atoms with Gasteiger partial charge >= 0.3 is 5.97 Å². The van der Waals surface area contributed by atoms with Crippen LogP contribution in [0.4, 0.5) is 0 Å². The molecule has 1 heterocycles. The number of likely N-dealkylation sites (tertiary alicyclic amines) is 1. The van der Waals surface area contributed by atoms with E-state index >= 15 is 0 Å². The molecule has 1 aliphatic heterocycles. The summed E-state index contributed by atoms with van der Waals surface area (Å²) in [7, 11) is 0. The van der Waals surface area contributed by atoms with Gasteiger partial charge in [-0.15, -0.1) is 0 Å². The maximum absolute atomic E-state index is 11.0. The molecule has 2 unspecified atom stereocenters. The Bertz CT molecular complexity index is 326. The molecule has 2 saturated carbocycles. The van der Waals surface area contributed by atoms with Gasteiger partial charge in [-0.25, -0.2) is 0 Å². The van der Waals surface area contributed by atoms with Gasteiger partial charge in [-0.05, 0) is 56.4 Å². The molecule has 2 aliphatic carbocycles. The van der Waals surface area contributed by atoms with E-state index in [-0.39, 0.29) is 0 Å². The summed E-state index contributed by atoms with van der Waals surface area (Å²) in [6.07, 6.45) is 6.89. The van der Waals surface area contributed by atoms with E-state index < -0.39 is 5.97 Å². The molecular formula is C15H26N2O2. The Hall–Kier alpha value is -0.610. The minimum absolute atomic E-state index is 0.335. The van der Waals surface area contributed by atoms with Gasteiger partial charge in [0.2, 0.25) is 0 Å². The van der Waals surface area contributed by atoms with Crippen molar-refractivity contribution in [1.29, 1.82) is 0 Å². The summed E-state index contributed by atoms with van der Waals surface area (Å²) in [4.78, 5) is 13.5. The lowest BCUT2D eigenvalue weighted by Gasteiger charge is -2.38. The molecule has 4 heteroatoms. The average Bonchev–Trinajstić information content (AvgIpc) is 3.20. The molecule has 1 saturated heterocycles. The van der Waals surface area contributed by atoms with E-state index in [9.17, 15) is 4.79 Å². The van der Waals surface area contributed by atoms with Crippen LogP contribution in [0.3, 0.4) is 0 Å². The lowest BCUT2D eigenvalue weighted by atomic mass is 9.91. The molecular weight excluding hydrogens is 240 g/mol. The van der Waals surface area contributed by atoms with Crippen LogP contribution in [0.2, 0.25) is 0 Å². The molecule has 2 atom stereocenters. The van der Waals surface area contributed by atoms with Crippen LogP contribution in [0.1, 0.15) is 38.5 Å². The highest BCUT2D eigenvalue weighted by Crippen LogP contribution is 2.32. The van der Waals surface area contributed by atoms with Crippen molar-refractivity contribution >= 4 is 5.97 Å². The lowest BCUT2D eigenvalue weighted by Crippen LogP contribution is -2.50. The first-order valence-corrected chi connectivity index (χ1v) is 7.86. The number of carboxylic acid groups (broad SMARTS) is 1. The minimum Gasteiger partial charge on any atom is -0.481 e. The summed E-state index contributed by atoms with van der Waals surface area (Å²) < 4.78 is 0. The third kappa shape index (κ3) is 4.46. The minimum atomic E-state index is -0.640. The monoisotopic (exact) mass is 266 g/mol. The van der Waals surface area contributed by atoms with Gasteiger partial charge in [-0.2, -0.15) is 0 Å². The topological polar surface area (TPSA) is 52.6 Å². The van der Waals surface area contributed by atoms with Gasteiger partial charge in [0.05, 0.1) is 0 Å². The fraction of sp³-hybridized carbons (Fsp3) is 0.933. The van der Waals surface area contributed by atoms with Gasteiger partial charge in [0.25, 0.3) is 0 Å². The first-order chi connectivity index (χ1) is 9.19. The Kier molecular flexibility index (Phi) is 4.08. The molecule has 19 heavy (non-hydrogen) atoms. The van der Waals surface area contributed by atoms with Crippen molar-refractivity contribution in [1.82, 2.24) is 10.2 Å². The number of rotatable bonds is 7. The molecule has 2 N–H and O–H groups in total. The number of carbonyl (C=O) groups is 1. The molecule has 3 aliphatic rings. The molecule has 3 fully saturated rings. The standard InChI is InChI=1S/C15H26N2O2/c18-15(19)6-13-5-14(16-7-11-1-2-11)10-17(9-13)8-12-3-4-12/h11-14,16H,1-10H2,(H,18,19). The summed E-state index contributed by atoms with van der Waals surface area (Å²) in [5.74, 6) is 1.49. The lowest BCUT2D eigenvalue weighted by molar-refractivity contribution is -0.138. The molecule has 0 aromatic heterocycles. The highest BCUT2D eigenvalue weighted by Gasteiger charge is 2.33. The number of aliphatic carboxylic acids is 1. The van der Waals surface area contributed by atoms with Crippen LogP contribution >= 0.6 is 0 Å². The van der Waals surface area contributed by atoms with Crippen LogP contribution in [0.25, 0.3) is 0 Å². The normalized spacial score (nSPS) is 32.4. The second-order valence-corrected chi connectivity index (χ2v) is 6.91. The fourth-order valence-corrected chi connectivity index (χ4v) is 3.32. The number of nitrogens with one attached hydrogen (secondary N) is 1. The largest absolute Gasteiger partial charge is 0.481 e. The third-order valence-corrected chi connectivity index (χ3v) is 4.68. The summed E-state index contributed by atoms with van der Waals surface area (Å²) in [6.45, 7) is 4.45. The summed E-state index contributed by atoms with van der Waals surface area (Å²) >= 11 is 0. The second-order valence-electron chi connectivity index (χ2n) is 6.91. The Morgan fingerprint density at radius 3 is 2.47 bits per heavy atom. The fourth-order valence-electron chi connectivity index (χ4n) is 3.32. The average molecular weight is 266 g/mol. The zero-order valence-corrected chi connectivity index (χ0v) is 11.7. The Labute approximate surface area is 115 Å². The number of nitrogens with zero attached hydrogens (tertiary/aromatic N) is 1. The van der Waals surface area contributed by atoms with E-state index in [4.69, 9.17) is 5.11 Å². The van der Waals surface area contributed by atoms with Crippen LogP contribution < -0.4 is 5.32 Å². The van der Waals surface area contributed by atoms with Gasteiger partial charge in [0, 0.05) is 32.1 Å². The Balaban J connectivity index is 1.50.